The SMILES string of the molecule is [NH]C(=O)c1nc2c(NC(=O)c3nccs3)cccc2s1. The number of amides is 2. The zero-order valence-electron chi connectivity index (χ0n) is 9.91. The van der Waals surface area contributed by atoms with Crippen LogP contribution in [-0.4, -0.2) is 21.8 Å². The summed E-state index contributed by atoms with van der Waals surface area (Å²) in [5.41, 5.74) is 8.11. The number of fused-ring (bicyclic) bond motifs is 1. The number of thiazole rings is 2. The van der Waals surface area contributed by atoms with Gasteiger partial charge in [0.2, 0.25) is 0 Å². The lowest BCUT2D eigenvalue weighted by Gasteiger charge is -2.03. The minimum absolute atomic E-state index is 0.107. The molecule has 0 aliphatic rings. The van der Waals surface area contributed by atoms with Crippen LogP contribution in [0.5, 0.6) is 0 Å². The second kappa shape index (κ2) is 4.99. The molecule has 2 N–H and O–H groups in total. The fraction of sp³-hybridized carbons (Fsp3) is 0. The topological polar surface area (TPSA) is 95.8 Å². The number of carbonyl (C=O) groups is 2. The van der Waals surface area contributed by atoms with Crippen LogP contribution in [0.3, 0.4) is 0 Å². The lowest BCUT2D eigenvalue weighted by Crippen LogP contribution is -2.11. The van der Waals surface area contributed by atoms with Gasteiger partial charge < -0.3 is 5.32 Å². The molecule has 0 spiro atoms. The van der Waals surface area contributed by atoms with Crippen LogP contribution in [0.25, 0.3) is 10.2 Å². The van der Waals surface area contributed by atoms with Gasteiger partial charge in [0, 0.05) is 11.6 Å². The van der Waals surface area contributed by atoms with Gasteiger partial charge in [-0.05, 0) is 12.1 Å². The summed E-state index contributed by atoms with van der Waals surface area (Å²) >= 11 is 2.37. The summed E-state index contributed by atoms with van der Waals surface area (Å²) in [6, 6.07) is 5.25. The highest BCUT2D eigenvalue weighted by molar-refractivity contribution is 7.20. The smallest absolute Gasteiger partial charge is 0.298 e. The highest BCUT2D eigenvalue weighted by Crippen LogP contribution is 2.28. The van der Waals surface area contributed by atoms with E-state index in [0.717, 1.165) is 16.0 Å². The fourth-order valence-electron chi connectivity index (χ4n) is 1.66. The quantitative estimate of drug-likeness (QED) is 0.803. The molecule has 2 amide bonds. The lowest BCUT2D eigenvalue weighted by atomic mass is 10.3. The molecule has 0 aliphatic heterocycles. The van der Waals surface area contributed by atoms with Gasteiger partial charge in [-0.15, -0.1) is 22.7 Å². The van der Waals surface area contributed by atoms with Crippen LogP contribution in [0.4, 0.5) is 5.69 Å². The van der Waals surface area contributed by atoms with Gasteiger partial charge in [0.1, 0.15) is 5.52 Å². The molecule has 8 heteroatoms. The molecule has 6 nitrogen and oxygen atoms in total. The number of anilines is 1. The van der Waals surface area contributed by atoms with Gasteiger partial charge in [0.05, 0.1) is 10.4 Å². The third kappa shape index (κ3) is 2.26. The van der Waals surface area contributed by atoms with E-state index in [4.69, 9.17) is 5.73 Å². The van der Waals surface area contributed by atoms with Gasteiger partial charge >= 0.3 is 0 Å². The Hall–Kier alpha value is -2.32. The van der Waals surface area contributed by atoms with E-state index in [1.807, 2.05) is 0 Å². The summed E-state index contributed by atoms with van der Waals surface area (Å²) in [6.45, 7) is 0. The number of benzene rings is 1. The average Bonchev–Trinajstić information content (AvgIpc) is 3.08. The number of rotatable bonds is 3. The number of hydrogen-bond donors (Lipinski definition) is 1. The van der Waals surface area contributed by atoms with Gasteiger partial charge in [-0.3, -0.25) is 15.3 Å². The minimum Gasteiger partial charge on any atom is -0.318 e. The molecule has 0 bridgehead atoms. The summed E-state index contributed by atoms with van der Waals surface area (Å²) in [7, 11) is 0. The third-order valence-electron chi connectivity index (χ3n) is 2.49. The second-order valence-electron chi connectivity index (χ2n) is 3.79. The number of para-hydroxylation sites is 1. The van der Waals surface area contributed by atoms with Gasteiger partial charge in [-0.1, -0.05) is 6.07 Å². The minimum atomic E-state index is -0.830. The molecule has 0 aliphatic carbocycles. The van der Waals surface area contributed by atoms with Crippen molar-refractivity contribution in [2.24, 2.45) is 0 Å². The van der Waals surface area contributed by atoms with Crippen molar-refractivity contribution < 1.29 is 9.59 Å². The first-order chi connectivity index (χ1) is 9.65. The van der Waals surface area contributed by atoms with E-state index in [2.05, 4.69) is 15.3 Å². The Kier molecular flexibility index (Phi) is 3.17. The van der Waals surface area contributed by atoms with Crippen molar-refractivity contribution in [1.82, 2.24) is 15.7 Å². The molecule has 99 valence electrons. The highest BCUT2D eigenvalue weighted by Gasteiger charge is 2.15. The molecule has 0 unspecified atom stereocenters. The molecular weight excluding hydrogens is 296 g/mol. The number of hydrogen-bond acceptors (Lipinski definition) is 6. The Morgan fingerprint density at radius 2 is 2.10 bits per heavy atom. The van der Waals surface area contributed by atoms with Gasteiger partial charge in [-0.25, -0.2) is 9.97 Å². The number of aromatic nitrogens is 2. The molecule has 0 atom stereocenters. The molecule has 1 aromatic carbocycles. The van der Waals surface area contributed by atoms with Crippen molar-refractivity contribution >= 4 is 50.4 Å². The van der Waals surface area contributed by atoms with Gasteiger partial charge in [-0.2, -0.15) is 0 Å². The second-order valence-corrected chi connectivity index (χ2v) is 5.72. The van der Waals surface area contributed by atoms with Crippen molar-refractivity contribution in [2.45, 2.75) is 0 Å². The van der Waals surface area contributed by atoms with E-state index in [0.29, 0.717) is 16.2 Å². The monoisotopic (exact) mass is 303 g/mol. The first kappa shape index (κ1) is 12.7. The maximum Gasteiger partial charge on any atom is 0.298 e. The summed E-state index contributed by atoms with van der Waals surface area (Å²) in [5.74, 6) is -1.15. The van der Waals surface area contributed by atoms with Crippen LogP contribution in [0, 0.1) is 0 Å². The first-order valence-electron chi connectivity index (χ1n) is 5.51. The normalized spacial score (nSPS) is 10.6. The molecule has 1 radical (unpaired) electrons. The van der Waals surface area contributed by atoms with Crippen LogP contribution in [0.1, 0.15) is 19.6 Å². The summed E-state index contributed by atoms with van der Waals surface area (Å²) in [6.07, 6.45) is 1.56. The zero-order chi connectivity index (χ0) is 14.1. The van der Waals surface area contributed by atoms with Crippen LogP contribution in [0.15, 0.2) is 29.8 Å². The zero-order valence-corrected chi connectivity index (χ0v) is 11.5. The summed E-state index contributed by atoms with van der Waals surface area (Å²) in [4.78, 5) is 31.0. The van der Waals surface area contributed by atoms with E-state index >= 15 is 0 Å². The predicted octanol–water partition coefficient (Wildman–Crippen LogP) is 2.43. The summed E-state index contributed by atoms with van der Waals surface area (Å²) < 4.78 is 0.748. The summed E-state index contributed by atoms with van der Waals surface area (Å²) in [5, 5.41) is 4.90. The van der Waals surface area contributed by atoms with Crippen LogP contribution >= 0.6 is 22.7 Å². The van der Waals surface area contributed by atoms with E-state index in [-0.39, 0.29) is 10.9 Å². The van der Waals surface area contributed by atoms with Crippen molar-refractivity contribution in [3.8, 4) is 0 Å². The lowest BCUT2D eigenvalue weighted by molar-refractivity contribution is 0.0990. The van der Waals surface area contributed by atoms with E-state index < -0.39 is 5.91 Å². The average molecular weight is 303 g/mol. The van der Waals surface area contributed by atoms with Crippen LogP contribution < -0.4 is 11.1 Å². The van der Waals surface area contributed by atoms with Crippen molar-refractivity contribution in [3.63, 3.8) is 0 Å². The predicted molar refractivity (Wildman–Crippen MR) is 77.1 cm³/mol. The standard InChI is InChI=1S/C12H7N4O2S2/c13-9(17)11-16-8-6(2-1-3-7(8)20-11)15-10(18)12-14-4-5-19-12/h1-5,13H,(H,15,18). The Labute approximate surface area is 121 Å². The molecule has 3 rings (SSSR count). The number of nitrogens with one attached hydrogen (secondary N) is 2. The molecule has 0 fully saturated rings. The number of nitrogens with zero attached hydrogens (tertiary/aromatic N) is 2. The maximum atomic E-state index is 12.0. The molecular formula is C12H7N4O2S2. The Balaban J connectivity index is 1.99. The fourth-order valence-corrected chi connectivity index (χ4v) is 3.03. The Bertz CT molecular complexity index is 795. The Morgan fingerprint density at radius 1 is 1.25 bits per heavy atom. The Morgan fingerprint density at radius 3 is 2.80 bits per heavy atom. The van der Waals surface area contributed by atoms with Crippen molar-refractivity contribution in [1.29, 1.82) is 0 Å². The number of carbonyl (C=O) groups excluding carboxylic acids is 2. The molecule has 3 aromatic rings. The van der Waals surface area contributed by atoms with Gasteiger partial charge in [0.15, 0.2) is 10.0 Å². The molecule has 2 aromatic heterocycles. The van der Waals surface area contributed by atoms with Crippen LogP contribution in [-0.2, 0) is 0 Å². The highest BCUT2D eigenvalue weighted by atomic mass is 32.1. The maximum absolute atomic E-state index is 12.0. The third-order valence-corrected chi connectivity index (χ3v) is 4.28. The van der Waals surface area contributed by atoms with E-state index in [9.17, 15) is 9.59 Å². The molecule has 0 saturated heterocycles. The molecule has 20 heavy (non-hydrogen) atoms. The van der Waals surface area contributed by atoms with Crippen LogP contribution in [0.2, 0.25) is 0 Å². The molecule has 2 heterocycles. The van der Waals surface area contributed by atoms with Crippen molar-refractivity contribution in [2.75, 3.05) is 5.32 Å². The molecule has 0 saturated carbocycles. The van der Waals surface area contributed by atoms with Gasteiger partial charge in [0.25, 0.3) is 11.8 Å². The van der Waals surface area contributed by atoms with Crippen molar-refractivity contribution in [3.05, 3.63) is 39.8 Å². The largest absolute Gasteiger partial charge is 0.318 e. The van der Waals surface area contributed by atoms with E-state index in [1.165, 1.54) is 11.3 Å². The van der Waals surface area contributed by atoms with E-state index in [1.54, 1.807) is 29.8 Å². The first-order valence-corrected chi connectivity index (χ1v) is 7.21.